The van der Waals surface area contributed by atoms with Gasteiger partial charge in [0.25, 0.3) is 57.1 Å². The second kappa shape index (κ2) is 24.2. The largest absolute Gasteiger partial charge is 0.505 e. The quantitative estimate of drug-likeness (QED) is 0.0127. The summed E-state index contributed by atoms with van der Waals surface area (Å²) in [6.07, 6.45) is -0.114. The molecule has 0 unspecified atom stereocenters. The van der Waals surface area contributed by atoms with Gasteiger partial charge in [0.1, 0.15) is 51.5 Å². The van der Waals surface area contributed by atoms with Crippen LogP contribution in [0.4, 0.5) is 33.6 Å². The number of azo groups is 3. The zero-order valence-electron chi connectivity index (χ0n) is 41.6. The Kier molecular flexibility index (Phi) is 18.2. The molecule has 2 aromatic heterocycles. The average Bonchev–Trinajstić information content (AvgIpc) is 3.98. The maximum absolute atomic E-state index is 13.8. The zero-order valence-corrected chi connectivity index (χ0v) is 46.5. The molecule has 30 nitrogen and oxygen atoms in total. The molecule has 0 atom stereocenters. The fourth-order valence-electron chi connectivity index (χ4n) is 7.43. The zero-order chi connectivity index (χ0) is 58.5. The van der Waals surface area contributed by atoms with Crippen LogP contribution in [0.25, 0.3) is 26.7 Å². The number of aromatic nitrogens is 3. The number of hydrogen-bond donors (Lipinski definition) is 5. The number of aryl methyl sites for hydroxylation is 1. The lowest BCUT2D eigenvalue weighted by Crippen LogP contribution is -2.11. The van der Waals surface area contributed by atoms with Crippen molar-refractivity contribution < 1.29 is 93.3 Å². The summed E-state index contributed by atoms with van der Waals surface area (Å²) in [5.74, 6) is -4.33. The number of phenols is 1. The molecule has 80 heavy (non-hydrogen) atoms. The Balaban J connectivity index is 1.32. The van der Waals surface area contributed by atoms with E-state index in [2.05, 4.69) is 49.1 Å². The molecule has 0 radical (unpaired) electrons. The van der Waals surface area contributed by atoms with Gasteiger partial charge in [-0.3, -0.25) is 26.4 Å². The van der Waals surface area contributed by atoms with Crippen LogP contribution in [0.2, 0.25) is 0 Å². The topological polar surface area (TPSA) is 440 Å². The van der Waals surface area contributed by atoms with Gasteiger partial charge in [0.2, 0.25) is 11.0 Å². The van der Waals surface area contributed by atoms with Crippen LogP contribution in [0.3, 0.4) is 0 Å². The van der Waals surface area contributed by atoms with Gasteiger partial charge >= 0.3 is 0 Å². The molecule has 0 saturated carbocycles. The van der Waals surface area contributed by atoms with E-state index in [-0.39, 0.29) is 80.1 Å². The number of carbonyl (C=O) groups is 1. The van der Waals surface area contributed by atoms with E-state index in [1.54, 1.807) is 6.92 Å². The van der Waals surface area contributed by atoms with Crippen molar-refractivity contribution in [2.45, 2.75) is 47.9 Å². The van der Waals surface area contributed by atoms with Crippen molar-refractivity contribution in [1.29, 1.82) is 0 Å². The third-order valence-corrected chi connectivity index (χ3v) is 17.4. The van der Waals surface area contributed by atoms with E-state index in [1.165, 1.54) is 36.4 Å². The number of fused-ring (bicyclic) bond motifs is 2. The third kappa shape index (κ3) is 14.1. The molecule has 426 valence electrons. The first-order valence-corrected chi connectivity index (χ1v) is 30.7. The van der Waals surface area contributed by atoms with Gasteiger partial charge in [0, 0.05) is 22.4 Å². The first kappa shape index (κ1) is 60.3. The average molecular weight is 1230 g/mol. The third-order valence-electron chi connectivity index (χ3n) is 11.2. The first-order chi connectivity index (χ1) is 37.6. The smallest absolute Gasteiger partial charge is 0.299 e. The van der Waals surface area contributed by atoms with Crippen LogP contribution >= 0.6 is 11.3 Å². The molecule has 0 aliphatic carbocycles. The first-order valence-electron chi connectivity index (χ1n) is 22.2. The summed E-state index contributed by atoms with van der Waals surface area (Å²) in [5, 5.41) is 61.2. The monoisotopic (exact) mass is 1230 g/mol. The van der Waals surface area contributed by atoms with Crippen molar-refractivity contribution in [3.05, 3.63) is 94.7 Å². The lowest BCUT2D eigenvalue weighted by molar-refractivity contribution is -0.129. The van der Waals surface area contributed by atoms with Crippen molar-refractivity contribution in [3.8, 4) is 23.1 Å². The summed E-state index contributed by atoms with van der Waals surface area (Å²) < 4.78 is 170. The molecule has 0 fully saturated rings. The van der Waals surface area contributed by atoms with Gasteiger partial charge in [0.15, 0.2) is 11.4 Å². The fraction of sp³-hybridized carbons (Fsp3) is 0.250. The van der Waals surface area contributed by atoms with Crippen LogP contribution in [0.1, 0.15) is 34.4 Å². The summed E-state index contributed by atoms with van der Waals surface area (Å²) in [5.41, 5.74) is -1.42. The molecule has 5 aromatic carbocycles. The number of benzene rings is 5. The van der Waals surface area contributed by atoms with Crippen molar-refractivity contribution in [1.82, 2.24) is 14.8 Å². The van der Waals surface area contributed by atoms with Gasteiger partial charge < -0.3 is 24.8 Å². The van der Waals surface area contributed by atoms with E-state index in [9.17, 15) is 71.3 Å². The summed E-state index contributed by atoms with van der Waals surface area (Å²) in [7, 11) is -19.8. The van der Waals surface area contributed by atoms with E-state index in [0.29, 0.717) is 10.3 Å². The predicted molar refractivity (Wildman–Crippen MR) is 281 cm³/mol. The number of carbonyl (C=O) groups excluding carboxylic acids is 1. The van der Waals surface area contributed by atoms with E-state index in [1.807, 2.05) is 0 Å². The van der Waals surface area contributed by atoms with Crippen LogP contribution in [0.15, 0.2) is 107 Å². The fourth-order valence-corrected chi connectivity index (χ4v) is 11.8. The van der Waals surface area contributed by atoms with E-state index in [0.717, 1.165) is 67.7 Å². The van der Waals surface area contributed by atoms with Gasteiger partial charge in [-0.25, -0.2) is 4.98 Å². The minimum atomic E-state index is -5.03. The molecule has 7 rings (SSSR count). The van der Waals surface area contributed by atoms with Crippen LogP contribution in [-0.4, -0.2) is 121 Å². The molecule has 5 N–H and O–H groups in total. The maximum Gasteiger partial charge on any atom is 0.299 e. The second-order valence-corrected chi connectivity index (χ2v) is 25.6. The lowest BCUT2D eigenvalue weighted by Gasteiger charge is -2.14. The molecule has 0 aliphatic rings. The minimum absolute atomic E-state index is 0.0558. The highest BCUT2D eigenvalue weighted by Gasteiger charge is 2.28. The Bertz CT molecular complexity index is 4250. The van der Waals surface area contributed by atoms with Crippen LogP contribution in [-0.2, 0) is 97.4 Å². The van der Waals surface area contributed by atoms with Crippen LogP contribution < -0.4 is 4.74 Å². The van der Waals surface area contributed by atoms with Gasteiger partial charge in [-0.15, -0.1) is 30.7 Å². The van der Waals surface area contributed by atoms with Crippen molar-refractivity contribution in [2.75, 3.05) is 33.7 Å². The maximum atomic E-state index is 13.8. The molecule has 36 heteroatoms. The van der Waals surface area contributed by atoms with Crippen LogP contribution in [0, 0.1) is 6.92 Å². The highest BCUT2D eigenvalue weighted by atomic mass is 32.2. The number of phenolic OH excluding ortho intramolecular Hbond substituents is 1. The lowest BCUT2D eigenvalue weighted by atomic mass is 10.0. The number of rotatable bonds is 25. The highest BCUT2D eigenvalue weighted by molar-refractivity contribution is 7.87. The number of nitrogens with zero attached hydrogens (tertiary/aromatic N) is 9. The number of aliphatic hydroxyl groups excluding tert-OH is 1. The number of aromatic hydroxyl groups is 2. The summed E-state index contributed by atoms with van der Waals surface area (Å²) in [4.78, 5) is 14.4. The van der Waals surface area contributed by atoms with Gasteiger partial charge in [-0.2, -0.15) is 51.9 Å². The van der Waals surface area contributed by atoms with Gasteiger partial charge in [-0.05, 0) is 90.7 Å². The summed E-state index contributed by atoms with van der Waals surface area (Å²) in [6.45, 7) is 0.179. The summed E-state index contributed by atoms with van der Waals surface area (Å²) >= 11 is 1.03. The van der Waals surface area contributed by atoms with Crippen molar-refractivity contribution >= 4 is 123 Å². The number of ether oxygens (including phenoxy) is 2. The summed E-state index contributed by atoms with van der Waals surface area (Å²) in [6, 6.07) is 13.4. The Morgan fingerprint density at radius 3 is 1.98 bits per heavy atom. The molecule has 0 saturated heterocycles. The number of hydrogen-bond acceptors (Lipinski definition) is 28. The molecular weight excluding hydrogens is 1180 g/mol. The Labute approximate surface area is 458 Å². The molecule has 7 aromatic rings. The molecule has 0 aliphatic heterocycles. The highest BCUT2D eigenvalue weighted by Crippen LogP contribution is 2.47. The van der Waals surface area contributed by atoms with E-state index >= 15 is 0 Å². The van der Waals surface area contributed by atoms with Gasteiger partial charge in [0.05, 0.1) is 66.8 Å². The molecule has 0 spiro atoms. The molecule has 0 bridgehead atoms. The Hall–Kier alpha value is -7.36. The molecular formula is C44H43N9O21S6. The Morgan fingerprint density at radius 2 is 1.34 bits per heavy atom. The van der Waals surface area contributed by atoms with Crippen molar-refractivity contribution in [3.63, 3.8) is 0 Å². The Morgan fingerprint density at radius 1 is 0.688 bits per heavy atom. The SMILES string of the molecule is COS(=O)(=O)CCCOc1cc(N=Nc2nc3cc(CS(=O)(=O)O)c(CO)cc3s2)c(C)cc1N=Nc1c(CS(=O)(=O)O)cc2c(S(=O)(=O)OC)c(N=Nc3c(COC=O)nn(-c4ccc(S(=O)(=O)OC)cc4)c3O)ccc2c1O. The number of thiazole rings is 1. The van der Waals surface area contributed by atoms with Crippen LogP contribution in [0.5, 0.6) is 17.4 Å². The van der Waals surface area contributed by atoms with E-state index < -0.39 is 126 Å². The standard InChI is InChI=1S/C44H43N9O21S6/c1-24-14-34(37(74-12-5-13-78(64,65)70-2)18-33(24)47-51-44-45-35-16-26(21-76(58,59)60)25(19-54)17-38(35)75-44)48-49-39-27(22-77(61,62)63)15-31-30(41(39)56)10-11-32(42(31)80(68,69)72-4)46-50-40-36(20-73-23-55)52-53(43(40)57)28-6-8-29(9-7-28)79(66,67)71-3/h6-11,14-18,23,54,56-57H,5,12-13,19-22H2,1-4H3,(H,58,59,60)(H,61,62,63). The number of aliphatic hydroxyl groups is 1. The minimum Gasteiger partial charge on any atom is -0.505 e. The van der Waals surface area contributed by atoms with Crippen molar-refractivity contribution in [2.24, 2.45) is 30.7 Å². The van der Waals surface area contributed by atoms with E-state index in [4.69, 9.17) is 13.7 Å². The molecule has 2 heterocycles. The molecule has 0 amide bonds. The second-order valence-electron chi connectivity index (χ2n) is 16.4. The normalized spacial score (nSPS) is 12.9. The predicted octanol–water partition coefficient (Wildman–Crippen LogP) is 6.96. The van der Waals surface area contributed by atoms with Gasteiger partial charge in [-0.1, -0.05) is 11.3 Å².